The highest BCUT2D eigenvalue weighted by atomic mass is 31.2. The number of amides is 1. The van der Waals surface area contributed by atoms with Crippen LogP contribution in [0.5, 0.6) is 0 Å². The van der Waals surface area contributed by atoms with Crippen molar-refractivity contribution in [2.45, 2.75) is 231 Å². The Hall–Kier alpha value is -3.88. The summed E-state index contributed by atoms with van der Waals surface area (Å²) in [5.41, 5.74) is 0. The predicted octanol–water partition coefficient (Wildman–Crippen LogP) is 19.4. The Kier molecular flexibility index (Phi) is 54.9. The van der Waals surface area contributed by atoms with Crippen molar-refractivity contribution in [3.05, 3.63) is 158 Å². The van der Waals surface area contributed by atoms with Crippen molar-refractivity contribution in [2.24, 2.45) is 0 Å². The lowest BCUT2D eigenvalue weighted by Gasteiger charge is -2.25. The van der Waals surface area contributed by atoms with E-state index in [0.29, 0.717) is 17.4 Å². The van der Waals surface area contributed by atoms with Crippen LogP contribution in [0.15, 0.2) is 158 Å². The number of carbonyl (C=O) groups excluding carboxylic acids is 1. The highest BCUT2D eigenvalue weighted by Gasteiger charge is 2.27. The van der Waals surface area contributed by atoms with Crippen LogP contribution in [-0.4, -0.2) is 73.4 Å². The molecule has 0 heterocycles. The molecule has 0 bridgehead atoms. The lowest BCUT2D eigenvalue weighted by molar-refractivity contribution is -0.870. The molecule has 442 valence electrons. The Labute approximate surface area is 480 Å². The van der Waals surface area contributed by atoms with E-state index in [-0.39, 0.29) is 19.1 Å². The lowest BCUT2D eigenvalue weighted by Crippen LogP contribution is -2.45. The zero-order chi connectivity index (χ0) is 57.0. The number of nitrogens with one attached hydrogen (secondary N) is 1. The van der Waals surface area contributed by atoms with Gasteiger partial charge in [0.15, 0.2) is 0 Å². The second-order valence-corrected chi connectivity index (χ2v) is 22.8. The fourth-order valence-electron chi connectivity index (χ4n) is 7.96. The molecule has 3 N–H and O–H groups in total. The Morgan fingerprint density at radius 2 is 0.769 bits per heavy atom. The summed E-state index contributed by atoms with van der Waals surface area (Å²) in [5, 5.41) is 13.9. The van der Waals surface area contributed by atoms with Crippen molar-refractivity contribution < 1.29 is 32.9 Å². The second kappa shape index (κ2) is 57.8. The van der Waals surface area contributed by atoms with Gasteiger partial charge in [0, 0.05) is 6.42 Å². The van der Waals surface area contributed by atoms with Crippen molar-refractivity contribution in [1.29, 1.82) is 0 Å². The standard InChI is InChI=1S/C69H115N2O6P/c1-6-8-10-12-14-16-18-20-22-23-24-25-26-27-28-29-30-31-32-33-34-35-36-37-38-39-40-41-42-43-44-45-46-47-49-51-53-55-57-59-61-63-69(73)70-67(66-77-78(74,75)76-65-64-71(3,4)5)68(72)62-60-58-56-54-52-50-48-21-19-17-15-13-11-9-7-2/h8,10,14,16,20,22,24-25,27-28,30-31,33-34,36-37,39-40,42-43,45-46,49,51,60,62,67-68,72H,6-7,9,11-13,15,17-19,21,23,26,29,32,35,38,41,44,47-48,50,52-59,61,63-66H2,1-5H3,(H-,70,73,74,75)/p+1/b10-8-,16-14-,22-20-,25-24-,28-27-,31-30-,34-33-,37-36-,40-39-,43-42-,46-45-,51-49-,62-60+. The molecule has 0 aromatic heterocycles. The Balaban J connectivity index is 4.21. The molecule has 0 rings (SSSR count). The van der Waals surface area contributed by atoms with Gasteiger partial charge in [-0.05, 0) is 109 Å². The van der Waals surface area contributed by atoms with Gasteiger partial charge in [0.2, 0.25) is 5.91 Å². The predicted molar refractivity (Wildman–Crippen MR) is 340 cm³/mol. The molecule has 0 aliphatic carbocycles. The first kappa shape index (κ1) is 74.1. The van der Waals surface area contributed by atoms with E-state index < -0.39 is 20.0 Å². The van der Waals surface area contributed by atoms with E-state index >= 15 is 0 Å². The summed E-state index contributed by atoms with van der Waals surface area (Å²) in [6, 6.07) is -0.872. The van der Waals surface area contributed by atoms with Crippen LogP contribution in [0, 0.1) is 0 Å². The Bertz CT molecular complexity index is 1820. The molecule has 9 heteroatoms. The number of hydrogen-bond donors (Lipinski definition) is 3. The minimum atomic E-state index is -4.36. The van der Waals surface area contributed by atoms with Gasteiger partial charge in [0.05, 0.1) is 39.9 Å². The zero-order valence-corrected chi connectivity index (χ0v) is 51.2. The second-order valence-electron chi connectivity index (χ2n) is 21.3. The van der Waals surface area contributed by atoms with E-state index in [9.17, 15) is 19.4 Å². The van der Waals surface area contributed by atoms with Crippen molar-refractivity contribution in [3.63, 3.8) is 0 Å². The van der Waals surface area contributed by atoms with Crippen molar-refractivity contribution >= 4 is 13.7 Å². The van der Waals surface area contributed by atoms with Gasteiger partial charge in [-0.3, -0.25) is 13.8 Å². The third kappa shape index (κ3) is 59.8. The number of hydrogen-bond acceptors (Lipinski definition) is 5. The third-order valence-corrected chi connectivity index (χ3v) is 13.7. The number of allylic oxidation sites excluding steroid dienone is 25. The number of carbonyl (C=O) groups is 1. The molecule has 3 unspecified atom stereocenters. The summed E-state index contributed by atoms with van der Waals surface area (Å²) in [6.45, 7) is 4.66. The minimum Gasteiger partial charge on any atom is -0.387 e. The van der Waals surface area contributed by atoms with Crippen LogP contribution in [0.2, 0.25) is 0 Å². The number of rotatable bonds is 54. The number of aliphatic hydroxyl groups is 1. The first-order valence-electron chi connectivity index (χ1n) is 30.9. The zero-order valence-electron chi connectivity index (χ0n) is 50.3. The molecule has 0 aromatic rings. The van der Waals surface area contributed by atoms with Gasteiger partial charge in [0.1, 0.15) is 13.2 Å². The average molecular weight is 1100 g/mol. The number of aliphatic hydroxyl groups excluding tert-OH is 1. The first-order chi connectivity index (χ1) is 38.0. The maximum absolute atomic E-state index is 13.0. The molecule has 0 aromatic carbocycles. The summed E-state index contributed by atoms with van der Waals surface area (Å²) in [4.78, 5) is 23.3. The van der Waals surface area contributed by atoms with Gasteiger partial charge < -0.3 is 19.8 Å². The summed E-state index contributed by atoms with van der Waals surface area (Å²) in [6.07, 6.45) is 90.7. The molecule has 0 fully saturated rings. The van der Waals surface area contributed by atoms with Gasteiger partial charge in [-0.2, -0.15) is 0 Å². The average Bonchev–Trinajstić information content (AvgIpc) is 3.41. The fraction of sp³-hybridized carbons (Fsp3) is 0.609. The first-order valence-corrected chi connectivity index (χ1v) is 32.4. The van der Waals surface area contributed by atoms with Crippen LogP contribution in [0.3, 0.4) is 0 Å². The van der Waals surface area contributed by atoms with E-state index in [4.69, 9.17) is 9.05 Å². The quantitative estimate of drug-likeness (QED) is 0.0243. The SMILES string of the molecule is CC/C=C\C/C=C\C/C=C\C/C=C\C/C=C\C/C=C\C/C=C\C/C=C\C/C=C\C/C=C\C/C=C\C/C=C\CCCCCCC(=O)NC(COP(=O)(O)OCC[N+](C)(C)C)C(O)/C=C/CCCCCCCCCCCCCCC. The summed E-state index contributed by atoms with van der Waals surface area (Å²) >= 11 is 0. The molecule has 1 amide bonds. The lowest BCUT2D eigenvalue weighted by atomic mass is 10.0. The van der Waals surface area contributed by atoms with E-state index in [1.54, 1.807) is 6.08 Å². The van der Waals surface area contributed by atoms with Gasteiger partial charge >= 0.3 is 7.82 Å². The molecule has 3 atom stereocenters. The highest BCUT2D eigenvalue weighted by molar-refractivity contribution is 7.47. The van der Waals surface area contributed by atoms with Crippen LogP contribution in [0.1, 0.15) is 219 Å². The van der Waals surface area contributed by atoms with Gasteiger partial charge in [-0.15, -0.1) is 0 Å². The Morgan fingerprint density at radius 3 is 1.13 bits per heavy atom. The van der Waals surface area contributed by atoms with Crippen LogP contribution in [0.4, 0.5) is 0 Å². The normalized spacial score (nSPS) is 14.9. The van der Waals surface area contributed by atoms with Gasteiger partial charge in [-0.25, -0.2) is 4.57 Å². The van der Waals surface area contributed by atoms with Crippen molar-refractivity contribution in [3.8, 4) is 0 Å². The number of nitrogens with zero attached hydrogens (tertiary/aromatic N) is 1. The van der Waals surface area contributed by atoms with Gasteiger partial charge in [-0.1, -0.05) is 262 Å². The highest BCUT2D eigenvalue weighted by Crippen LogP contribution is 2.43. The topological polar surface area (TPSA) is 105 Å². The monoisotopic (exact) mass is 1100 g/mol. The molecule has 0 radical (unpaired) electrons. The van der Waals surface area contributed by atoms with Gasteiger partial charge in [0.25, 0.3) is 0 Å². The molecular weight excluding hydrogens is 984 g/mol. The molecule has 0 spiro atoms. The molecule has 0 aliphatic heterocycles. The van der Waals surface area contributed by atoms with Crippen LogP contribution >= 0.6 is 7.82 Å². The van der Waals surface area contributed by atoms with E-state index in [1.807, 2.05) is 27.2 Å². The number of quaternary nitrogens is 1. The van der Waals surface area contributed by atoms with Crippen LogP contribution < -0.4 is 5.32 Å². The molecule has 0 saturated carbocycles. The van der Waals surface area contributed by atoms with E-state index in [1.165, 1.54) is 70.6 Å². The smallest absolute Gasteiger partial charge is 0.387 e. The largest absolute Gasteiger partial charge is 0.472 e. The molecule has 0 saturated heterocycles. The van der Waals surface area contributed by atoms with Crippen LogP contribution in [0.25, 0.3) is 0 Å². The maximum Gasteiger partial charge on any atom is 0.472 e. The molecule has 78 heavy (non-hydrogen) atoms. The maximum atomic E-state index is 13.0. The molecule has 8 nitrogen and oxygen atoms in total. The molecule has 0 aliphatic rings. The van der Waals surface area contributed by atoms with Crippen molar-refractivity contribution in [1.82, 2.24) is 5.32 Å². The summed E-state index contributed by atoms with van der Waals surface area (Å²) in [7, 11) is 1.53. The van der Waals surface area contributed by atoms with Crippen molar-refractivity contribution in [2.75, 3.05) is 40.9 Å². The van der Waals surface area contributed by atoms with E-state index in [0.717, 1.165) is 128 Å². The summed E-state index contributed by atoms with van der Waals surface area (Å²) in [5.74, 6) is -0.208. The number of phosphoric ester groups is 1. The van der Waals surface area contributed by atoms with E-state index in [2.05, 4.69) is 165 Å². The fourth-order valence-corrected chi connectivity index (χ4v) is 8.70. The van der Waals surface area contributed by atoms with Crippen LogP contribution in [-0.2, 0) is 18.4 Å². The Morgan fingerprint density at radius 1 is 0.449 bits per heavy atom. The molecular formula is C69H116N2O6P+. The number of phosphoric acid groups is 1. The number of unbranched alkanes of at least 4 members (excludes halogenated alkanes) is 17. The summed E-state index contributed by atoms with van der Waals surface area (Å²) < 4.78 is 23.7. The third-order valence-electron chi connectivity index (χ3n) is 12.8. The number of likely N-dealkylation sites (N-methyl/N-ethyl adjacent to an activating group) is 1. The minimum absolute atomic E-state index is 0.0481.